The summed E-state index contributed by atoms with van der Waals surface area (Å²) < 4.78 is 13.9. The van der Waals surface area contributed by atoms with Gasteiger partial charge in [-0.15, -0.1) is 0 Å². The summed E-state index contributed by atoms with van der Waals surface area (Å²) in [5, 5.41) is 3.37. The molecule has 0 bridgehead atoms. The Balaban J connectivity index is 1.69. The van der Waals surface area contributed by atoms with Crippen molar-refractivity contribution in [3.8, 4) is 0 Å². The van der Waals surface area contributed by atoms with E-state index >= 15 is 0 Å². The van der Waals surface area contributed by atoms with Crippen molar-refractivity contribution in [3.63, 3.8) is 0 Å². The van der Waals surface area contributed by atoms with E-state index in [1.807, 2.05) is 30.3 Å². The van der Waals surface area contributed by atoms with Crippen molar-refractivity contribution in [2.45, 2.75) is 12.5 Å². The number of likely N-dealkylation sites (tertiary alicyclic amines) is 1. The monoisotopic (exact) mass is 312 g/mol. The number of carbonyl (C=O) groups is 2. The lowest BCUT2D eigenvalue weighted by Gasteiger charge is -2.18. The molecule has 23 heavy (non-hydrogen) atoms. The molecule has 0 spiro atoms. The highest BCUT2D eigenvalue weighted by Gasteiger charge is 2.28. The zero-order chi connectivity index (χ0) is 16.2. The maximum absolute atomic E-state index is 13.9. The van der Waals surface area contributed by atoms with Crippen LogP contribution in [0.25, 0.3) is 0 Å². The van der Waals surface area contributed by atoms with Crippen molar-refractivity contribution < 1.29 is 14.0 Å². The van der Waals surface area contributed by atoms with Crippen LogP contribution in [0, 0.1) is 5.82 Å². The molecule has 1 amide bonds. The number of aldehydes is 1. The molecule has 2 aromatic rings. The molecular formula is C18H17FN2O2. The van der Waals surface area contributed by atoms with Gasteiger partial charge < -0.3 is 10.2 Å². The van der Waals surface area contributed by atoms with Crippen LogP contribution in [0.2, 0.25) is 0 Å². The highest BCUT2D eigenvalue weighted by Crippen LogP contribution is 2.19. The second kappa shape index (κ2) is 6.60. The smallest absolute Gasteiger partial charge is 0.256 e. The van der Waals surface area contributed by atoms with Crippen LogP contribution in [0.1, 0.15) is 27.1 Å². The molecule has 0 radical (unpaired) electrons. The molecular weight excluding hydrogens is 295 g/mol. The number of amides is 1. The van der Waals surface area contributed by atoms with Crippen LogP contribution in [0.3, 0.4) is 0 Å². The highest BCUT2D eigenvalue weighted by atomic mass is 19.1. The van der Waals surface area contributed by atoms with E-state index in [1.54, 1.807) is 4.90 Å². The predicted octanol–water partition coefficient (Wildman–Crippen LogP) is 2.96. The van der Waals surface area contributed by atoms with E-state index in [4.69, 9.17) is 0 Å². The van der Waals surface area contributed by atoms with Crippen LogP contribution in [0.5, 0.6) is 0 Å². The van der Waals surface area contributed by atoms with Gasteiger partial charge in [-0.05, 0) is 36.8 Å². The Morgan fingerprint density at radius 1 is 1.22 bits per heavy atom. The number of nitrogens with one attached hydrogen (secondary N) is 1. The Kier molecular flexibility index (Phi) is 4.37. The van der Waals surface area contributed by atoms with Crippen molar-refractivity contribution in [2.24, 2.45) is 0 Å². The maximum atomic E-state index is 13.9. The van der Waals surface area contributed by atoms with E-state index in [9.17, 15) is 14.0 Å². The van der Waals surface area contributed by atoms with Gasteiger partial charge in [0.2, 0.25) is 0 Å². The minimum absolute atomic E-state index is 0.0463. The number of rotatable bonds is 4. The third-order valence-electron chi connectivity index (χ3n) is 3.98. The van der Waals surface area contributed by atoms with E-state index < -0.39 is 5.82 Å². The molecule has 4 nitrogen and oxygen atoms in total. The number of carbonyl (C=O) groups excluding carboxylic acids is 2. The summed E-state index contributed by atoms with van der Waals surface area (Å²) in [5.41, 5.74) is 1.25. The second-order valence-electron chi connectivity index (χ2n) is 5.60. The average molecular weight is 312 g/mol. The molecule has 3 rings (SSSR count). The number of hydrogen-bond donors (Lipinski definition) is 1. The largest absolute Gasteiger partial charge is 0.380 e. The fourth-order valence-electron chi connectivity index (χ4n) is 2.78. The van der Waals surface area contributed by atoms with Gasteiger partial charge in [-0.2, -0.15) is 0 Å². The summed E-state index contributed by atoms with van der Waals surface area (Å²) in [5.74, 6) is -0.969. The van der Waals surface area contributed by atoms with Crippen molar-refractivity contribution in [2.75, 3.05) is 18.4 Å². The number of halogens is 1. The van der Waals surface area contributed by atoms with Crippen molar-refractivity contribution in [3.05, 3.63) is 65.5 Å². The predicted molar refractivity (Wildman–Crippen MR) is 86.2 cm³/mol. The Morgan fingerprint density at radius 3 is 2.74 bits per heavy atom. The van der Waals surface area contributed by atoms with E-state index in [0.717, 1.165) is 18.2 Å². The zero-order valence-electron chi connectivity index (χ0n) is 12.5. The minimum Gasteiger partial charge on any atom is -0.380 e. The van der Waals surface area contributed by atoms with Gasteiger partial charge >= 0.3 is 0 Å². The molecule has 118 valence electrons. The minimum atomic E-state index is -0.597. The van der Waals surface area contributed by atoms with Crippen LogP contribution in [-0.2, 0) is 0 Å². The Labute approximate surface area is 133 Å². The number of anilines is 1. The van der Waals surface area contributed by atoms with Crippen molar-refractivity contribution in [1.82, 2.24) is 4.90 Å². The first kappa shape index (κ1) is 15.2. The Bertz CT molecular complexity index is 718. The second-order valence-corrected chi connectivity index (χ2v) is 5.60. The third-order valence-corrected chi connectivity index (χ3v) is 3.98. The Hall–Kier alpha value is -2.69. The molecule has 1 aliphatic heterocycles. The highest BCUT2D eigenvalue weighted by molar-refractivity contribution is 5.96. The molecule has 1 saturated heterocycles. The SMILES string of the molecule is O=Cc1ccc(F)c(C(=O)N2CCC(Nc3ccccc3)C2)c1. The molecule has 0 saturated carbocycles. The quantitative estimate of drug-likeness (QED) is 0.883. The standard InChI is InChI=1S/C18H17FN2O2/c19-17-7-6-13(12-22)10-16(17)18(23)21-9-8-15(11-21)20-14-4-2-1-3-5-14/h1-7,10,12,15,20H,8-9,11H2. The maximum Gasteiger partial charge on any atom is 0.256 e. The summed E-state index contributed by atoms with van der Waals surface area (Å²) in [6.45, 7) is 1.08. The van der Waals surface area contributed by atoms with Gasteiger partial charge in [-0.3, -0.25) is 9.59 Å². The molecule has 1 atom stereocenters. The number of para-hydroxylation sites is 1. The molecule has 0 aliphatic carbocycles. The average Bonchev–Trinajstić information content (AvgIpc) is 3.04. The van der Waals surface area contributed by atoms with Crippen LogP contribution in [0.4, 0.5) is 10.1 Å². The molecule has 1 unspecified atom stereocenters. The van der Waals surface area contributed by atoms with Crippen LogP contribution in [0.15, 0.2) is 48.5 Å². The van der Waals surface area contributed by atoms with E-state index in [-0.39, 0.29) is 17.5 Å². The summed E-state index contributed by atoms with van der Waals surface area (Å²) in [4.78, 5) is 24.9. The first-order chi connectivity index (χ1) is 11.2. The van der Waals surface area contributed by atoms with Gasteiger partial charge in [0.05, 0.1) is 5.56 Å². The number of benzene rings is 2. The lowest BCUT2D eigenvalue weighted by atomic mass is 10.1. The lowest BCUT2D eigenvalue weighted by Crippen LogP contribution is -2.32. The summed E-state index contributed by atoms with van der Waals surface area (Å²) in [6, 6.07) is 13.7. The van der Waals surface area contributed by atoms with E-state index in [2.05, 4.69) is 5.32 Å². The van der Waals surface area contributed by atoms with Gasteiger partial charge in [0.15, 0.2) is 0 Å². The molecule has 1 fully saturated rings. The summed E-state index contributed by atoms with van der Waals surface area (Å²) in [7, 11) is 0. The molecule has 1 aliphatic rings. The van der Waals surface area contributed by atoms with Crippen molar-refractivity contribution in [1.29, 1.82) is 0 Å². The number of nitrogens with zero attached hydrogens (tertiary/aromatic N) is 1. The van der Waals surface area contributed by atoms with E-state index in [0.29, 0.717) is 24.9 Å². The first-order valence-corrected chi connectivity index (χ1v) is 7.53. The van der Waals surface area contributed by atoms with E-state index in [1.165, 1.54) is 12.1 Å². The third kappa shape index (κ3) is 3.39. The van der Waals surface area contributed by atoms with Crippen LogP contribution in [-0.4, -0.2) is 36.2 Å². The van der Waals surface area contributed by atoms with Gasteiger partial charge in [-0.1, -0.05) is 18.2 Å². The summed E-state index contributed by atoms with van der Waals surface area (Å²) in [6.07, 6.45) is 1.41. The lowest BCUT2D eigenvalue weighted by molar-refractivity contribution is 0.0787. The molecule has 1 N–H and O–H groups in total. The van der Waals surface area contributed by atoms with Crippen LogP contribution >= 0.6 is 0 Å². The van der Waals surface area contributed by atoms with Gasteiger partial charge in [0.1, 0.15) is 12.1 Å². The first-order valence-electron chi connectivity index (χ1n) is 7.53. The van der Waals surface area contributed by atoms with Gasteiger partial charge in [-0.25, -0.2) is 4.39 Å². The molecule has 0 aromatic heterocycles. The zero-order valence-corrected chi connectivity index (χ0v) is 12.5. The Morgan fingerprint density at radius 2 is 2.00 bits per heavy atom. The topological polar surface area (TPSA) is 49.4 Å². The summed E-state index contributed by atoms with van der Waals surface area (Å²) >= 11 is 0. The van der Waals surface area contributed by atoms with Crippen LogP contribution < -0.4 is 5.32 Å². The molecule has 1 heterocycles. The molecule has 5 heteroatoms. The van der Waals surface area contributed by atoms with Crippen molar-refractivity contribution >= 4 is 17.9 Å². The fraction of sp³-hybridized carbons (Fsp3) is 0.222. The van der Waals surface area contributed by atoms with Gasteiger partial charge in [0, 0.05) is 30.4 Å². The van der Waals surface area contributed by atoms with Gasteiger partial charge in [0.25, 0.3) is 5.91 Å². The number of hydrogen-bond acceptors (Lipinski definition) is 3. The fourth-order valence-corrected chi connectivity index (χ4v) is 2.78. The molecule has 2 aromatic carbocycles. The normalized spacial score (nSPS) is 17.1.